The fourth-order valence-electron chi connectivity index (χ4n) is 3.56. The van der Waals surface area contributed by atoms with Gasteiger partial charge in [0.05, 0.1) is 18.0 Å². The number of carbonyl (C=O) groups excluding carboxylic acids is 1. The molecule has 0 fully saturated rings. The van der Waals surface area contributed by atoms with Gasteiger partial charge in [0.1, 0.15) is 0 Å². The lowest BCUT2D eigenvalue weighted by molar-refractivity contribution is -0.117. The molecule has 0 bridgehead atoms. The Hall–Kier alpha value is -3.20. The van der Waals surface area contributed by atoms with Gasteiger partial charge in [-0.2, -0.15) is 5.10 Å². The summed E-state index contributed by atoms with van der Waals surface area (Å²) >= 11 is 0. The minimum Gasteiger partial charge on any atom is -0.453 e. The standard InChI is InChI=1S/C23H27FN4O4/c1-13(30-5)11-28-22-16(21(27-28)26-18(29)9-23(2,3)4)8-14(10-25-22)15-6-7-17-20(19(15)24)32-12-31-17/h6-8,10,13H,9,11-12H2,1-5H3,(H,26,27,29). The van der Waals surface area contributed by atoms with Gasteiger partial charge < -0.3 is 19.5 Å². The smallest absolute Gasteiger partial charge is 0.231 e. The first-order valence-electron chi connectivity index (χ1n) is 10.4. The van der Waals surface area contributed by atoms with Crippen molar-refractivity contribution in [3.05, 3.63) is 30.2 Å². The number of hydrogen-bond donors (Lipinski definition) is 1. The van der Waals surface area contributed by atoms with Crippen molar-refractivity contribution in [3.63, 3.8) is 0 Å². The molecule has 1 unspecified atom stereocenters. The number of carbonyl (C=O) groups is 1. The van der Waals surface area contributed by atoms with Crippen LogP contribution >= 0.6 is 0 Å². The van der Waals surface area contributed by atoms with Gasteiger partial charge in [0.15, 0.2) is 23.0 Å². The van der Waals surface area contributed by atoms with Gasteiger partial charge in [0.25, 0.3) is 0 Å². The van der Waals surface area contributed by atoms with E-state index >= 15 is 4.39 Å². The first kappa shape index (κ1) is 22.0. The molecular weight excluding hydrogens is 415 g/mol. The van der Waals surface area contributed by atoms with Gasteiger partial charge in [-0.3, -0.25) is 4.79 Å². The Morgan fingerprint density at radius 1 is 1.34 bits per heavy atom. The van der Waals surface area contributed by atoms with Crippen LogP contribution in [0.5, 0.6) is 11.5 Å². The van der Waals surface area contributed by atoms with Crippen molar-refractivity contribution >= 4 is 22.8 Å². The quantitative estimate of drug-likeness (QED) is 0.610. The summed E-state index contributed by atoms with van der Waals surface area (Å²) in [6, 6.07) is 5.07. The fraction of sp³-hybridized carbons (Fsp3) is 0.435. The minimum absolute atomic E-state index is 0.0125. The number of benzene rings is 1. The van der Waals surface area contributed by atoms with Crippen LogP contribution in [0.2, 0.25) is 0 Å². The van der Waals surface area contributed by atoms with Crippen molar-refractivity contribution in [2.45, 2.75) is 46.8 Å². The van der Waals surface area contributed by atoms with E-state index in [2.05, 4.69) is 15.4 Å². The van der Waals surface area contributed by atoms with Gasteiger partial charge in [-0.25, -0.2) is 14.1 Å². The van der Waals surface area contributed by atoms with E-state index in [1.807, 2.05) is 27.7 Å². The molecule has 8 nitrogen and oxygen atoms in total. The summed E-state index contributed by atoms with van der Waals surface area (Å²) < 4.78 is 32.6. The Labute approximate surface area is 185 Å². The Bertz CT molecular complexity index is 1170. The minimum atomic E-state index is -0.514. The number of nitrogens with one attached hydrogen (secondary N) is 1. The summed E-state index contributed by atoms with van der Waals surface area (Å²) in [6.07, 6.45) is 1.81. The fourth-order valence-corrected chi connectivity index (χ4v) is 3.56. The van der Waals surface area contributed by atoms with Crippen LogP contribution in [0.4, 0.5) is 10.2 Å². The molecule has 0 radical (unpaired) electrons. The van der Waals surface area contributed by atoms with Crippen LogP contribution in [0.1, 0.15) is 34.1 Å². The Morgan fingerprint density at radius 3 is 2.84 bits per heavy atom. The molecule has 3 aromatic rings. The van der Waals surface area contributed by atoms with E-state index in [0.717, 1.165) is 0 Å². The van der Waals surface area contributed by atoms with E-state index in [1.165, 1.54) is 0 Å². The molecule has 1 aliphatic heterocycles. The molecule has 170 valence electrons. The normalized spacial score (nSPS) is 14.1. The molecule has 9 heteroatoms. The number of anilines is 1. The zero-order valence-electron chi connectivity index (χ0n) is 18.9. The number of halogens is 1. The first-order chi connectivity index (χ1) is 15.2. The number of amides is 1. The molecule has 4 rings (SSSR count). The molecule has 2 aromatic heterocycles. The maximum Gasteiger partial charge on any atom is 0.231 e. The van der Waals surface area contributed by atoms with Crippen LogP contribution in [0.15, 0.2) is 24.4 Å². The average molecular weight is 442 g/mol. The van der Waals surface area contributed by atoms with Crippen molar-refractivity contribution in [2.75, 3.05) is 19.2 Å². The van der Waals surface area contributed by atoms with Crippen LogP contribution in [-0.4, -0.2) is 40.7 Å². The van der Waals surface area contributed by atoms with Gasteiger partial charge in [-0.1, -0.05) is 20.8 Å². The molecule has 0 saturated carbocycles. The highest BCUT2D eigenvalue weighted by Gasteiger charge is 2.24. The van der Waals surface area contributed by atoms with Crippen LogP contribution in [0.25, 0.3) is 22.2 Å². The van der Waals surface area contributed by atoms with E-state index in [1.54, 1.807) is 36.2 Å². The third-order valence-corrected chi connectivity index (χ3v) is 5.16. The molecule has 0 spiro atoms. The van der Waals surface area contributed by atoms with Gasteiger partial charge >= 0.3 is 0 Å². The number of hydrogen-bond acceptors (Lipinski definition) is 6. The number of pyridine rings is 1. The number of methoxy groups -OCH3 is 1. The highest BCUT2D eigenvalue weighted by Crippen LogP contribution is 2.40. The van der Waals surface area contributed by atoms with Crippen molar-refractivity contribution in [3.8, 4) is 22.6 Å². The SMILES string of the molecule is COC(C)Cn1nc(NC(=O)CC(C)(C)C)c2cc(-c3ccc4c(c3F)OCO4)cnc21. The van der Waals surface area contributed by atoms with Crippen molar-refractivity contribution < 1.29 is 23.4 Å². The van der Waals surface area contributed by atoms with E-state index in [9.17, 15) is 4.79 Å². The number of rotatable bonds is 6. The summed E-state index contributed by atoms with van der Waals surface area (Å²) in [6.45, 7) is 8.33. The highest BCUT2D eigenvalue weighted by molar-refractivity contribution is 6.00. The number of ether oxygens (including phenoxy) is 3. The lowest BCUT2D eigenvalue weighted by Gasteiger charge is -2.16. The van der Waals surface area contributed by atoms with Crippen LogP contribution in [-0.2, 0) is 16.1 Å². The summed E-state index contributed by atoms with van der Waals surface area (Å²) in [4.78, 5) is 17.1. The van der Waals surface area contributed by atoms with Crippen LogP contribution < -0.4 is 14.8 Å². The largest absolute Gasteiger partial charge is 0.453 e. The summed E-state index contributed by atoms with van der Waals surface area (Å²) in [5, 5.41) is 8.08. The van der Waals surface area contributed by atoms with E-state index in [4.69, 9.17) is 14.2 Å². The molecule has 1 aromatic carbocycles. The maximum atomic E-state index is 15.0. The summed E-state index contributed by atoms with van der Waals surface area (Å²) in [7, 11) is 1.62. The maximum absolute atomic E-state index is 15.0. The second kappa shape index (κ2) is 8.38. The van der Waals surface area contributed by atoms with Gasteiger partial charge in [-0.15, -0.1) is 0 Å². The molecule has 1 amide bonds. The lowest BCUT2D eigenvalue weighted by Crippen LogP contribution is -2.20. The van der Waals surface area contributed by atoms with E-state index in [-0.39, 0.29) is 30.0 Å². The third-order valence-electron chi connectivity index (χ3n) is 5.16. The van der Waals surface area contributed by atoms with Gasteiger partial charge in [0, 0.05) is 30.9 Å². The van der Waals surface area contributed by atoms with Crippen LogP contribution in [0, 0.1) is 11.2 Å². The van der Waals surface area contributed by atoms with E-state index < -0.39 is 5.82 Å². The topological polar surface area (TPSA) is 87.5 Å². The lowest BCUT2D eigenvalue weighted by atomic mass is 9.92. The second-order valence-electron chi connectivity index (χ2n) is 9.12. The van der Waals surface area contributed by atoms with E-state index in [0.29, 0.717) is 46.7 Å². The molecular formula is C23H27FN4O4. The monoisotopic (exact) mass is 442 g/mol. The predicted molar refractivity (Wildman–Crippen MR) is 118 cm³/mol. The van der Waals surface area contributed by atoms with Crippen molar-refractivity contribution in [1.29, 1.82) is 0 Å². The predicted octanol–water partition coefficient (Wildman–Crippen LogP) is 4.38. The van der Waals surface area contributed by atoms with Gasteiger partial charge in [0.2, 0.25) is 18.4 Å². The molecule has 3 heterocycles. The molecule has 1 atom stereocenters. The van der Waals surface area contributed by atoms with Gasteiger partial charge in [-0.05, 0) is 30.5 Å². The van der Waals surface area contributed by atoms with Crippen molar-refractivity contribution in [1.82, 2.24) is 14.8 Å². The Kier molecular flexibility index (Phi) is 5.77. The van der Waals surface area contributed by atoms with Crippen LogP contribution in [0.3, 0.4) is 0 Å². The Balaban J connectivity index is 1.77. The Morgan fingerprint density at radius 2 is 2.12 bits per heavy atom. The molecule has 32 heavy (non-hydrogen) atoms. The zero-order chi connectivity index (χ0) is 23.0. The molecule has 0 saturated heterocycles. The molecule has 1 N–H and O–H groups in total. The number of aromatic nitrogens is 3. The molecule has 0 aliphatic carbocycles. The summed E-state index contributed by atoms with van der Waals surface area (Å²) in [5.74, 6) is 0.180. The average Bonchev–Trinajstić information content (AvgIpc) is 3.32. The molecule has 1 aliphatic rings. The first-order valence-corrected chi connectivity index (χ1v) is 10.4. The zero-order valence-corrected chi connectivity index (χ0v) is 18.9. The second-order valence-corrected chi connectivity index (χ2v) is 9.12. The van der Waals surface area contributed by atoms with Crippen molar-refractivity contribution in [2.24, 2.45) is 5.41 Å². The number of nitrogens with zero attached hydrogens (tertiary/aromatic N) is 3. The summed E-state index contributed by atoms with van der Waals surface area (Å²) in [5.41, 5.74) is 1.27. The number of fused-ring (bicyclic) bond motifs is 2. The third kappa shape index (κ3) is 4.38. The highest BCUT2D eigenvalue weighted by atomic mass is 19.1.